The maximum absolute atomic E-state index is 8.96. The van der Waals surface area contributed by atoms with Crippen LogP contribution < -0.4 is 0 Å². The fourth-order valence-electron chi connectivity index (χ4n) is 2.29. The van der Waals surface area contributed by atoms with Crippen LogP contribution in [0.4, 0.5) is 0 Å². The lowest BCUT2D eigenvalue weighted by Gasteiger charge is -2.15. The average molecular weight is 246 g/mol. The summed E-state index contributed by atoms with van der Waals surface area (Å²) in [6.07, 6.45) is 2.30. The van der Waals surface area contributed by atoms with Crippen LogP contribution in [0.3, 0.4) is 0 Å². The Bertz CT molecular complexity index is 632. The van der Waals surface area contributed by atoms with E-state index in [4.69, 9.17) is 16.9 Å². The smallest absolute Gasteiger partial charge is 0.125 e. The number of fused-ring (bicyclic) bond motifs is 1. The molecule has 0 bridgehead atoms. The molecule has 0 atom stereocenters. The van der Waals surface area contributed by atoms with E-state index in [1.165, 1.54) is 0 Å². The van der Waals surface area contributed by atoms with Crippen molar-refractivity contribution in [3.8, 4) is 6.07 Å². The molecule has 0 amide bonds. The van der Waals surface area contributed by atoms with Gasteiger partial charge in [-0.05, 0) is 38.0 Å². The highest BCUT2D eigenvalue weighted by Gasteiger charge is 2.41. The standard InChI is InChI=1S/C13H12ClN3/c1-13(4-5-13)17-11-6-9(8-15)2-3-10(11)16-12(17)7-14/h2-3,6H,4-5,7H2,1H3. The molecule has 0 saturated heterocycles. The highest BCUT2D eigenvalue weighted by molar-refractivity contribution is 6.16. The van der Waals surface area contributed by atoms with Crippen molar-refractivity contribution in [3.63, 3.8) is 0 Å². The summed E-state index contributed by atoms with van der Waals surface area (Å²) in [5, 5.41) is 8.96. The topological polar surface area (TPSA) is 41.6 Å². The number of aromatic nitrogens is 2. The van der Waals surface area contributed by atoms with Gasteiger partial charge in [0.05, 0.1) is 28.5 Å². The first kappa shape index (κ1) is 10.6. The Morgan fingerprint density at radius 3 is 2.88 bits per heavy atom. The number of rotatable bonds is 2. The highest BCUT2D eigenvalue weighted by Crippen LogP contribution is 2.45. The summed E-state index contributed by atoms with van der Waals surface area (Å²) < 4.78 is 2.20. The molecular formula is C13H12ClN3. The second-order valence-corrected chi connectivity index (χ2v) is 5.08. The molecule has 0 radical (unpaired) electrons. The van der Waals surface area contributed by atoms with Crippen molar-refractivity contribution >= 4 is 22.6 Å². The Labute approximate surface area is 105 Å². The quantitative estimate of drug-likeness (QED) is 0.763. The van der Waals surface area contributed by atoms with Gasteiger partial charge in [0.15, 0.2) is 0 Å². The maximum atomic E-state index is 8.96. The third kappa shape index (κ3) is 1.52. The summed E-state index contributed by atoms with van der Waals surface area (Å²) in [5.74, 6) is 1.31. The number of benzene rings is 1. The highest BCUT2D eigenvalue weighted by atomic mass is 35.5. The zero-order valence-corrected chi connectivity index (χ0v) is 10.3. The van der Waals surface area contributed by atoms with Crippen molar-refractivity contribution in [2.24, 2.45) is 0 Å². The molecular weight excluding hydrogens is 234 g/mol. The number of hydrogen-bond donors (Lipinski definition) is 0. The van der Waals surface area contributed by atoms with E-state index in [0.29, 0.717) is 11.4 Å². The third-order valence-electron chi connectivity index (χ3n) is 3.49. The molecule has 2 aromatic rings. The number of nitrogens with zero attached hydrogens (tertiary/aromatic N) is 3. The minimum Gasteiger partial charge on any atom is -0.321 e. The third-order valence-corrected chi connectivity index (χ3v) is 3.73. The van der Waals surface area contributed by atoms with E-state index in [1.54, 1.807) is 6.07 Å². The Morgan fingerprint density at radius 2 is 2.29 bits per heavy atom. The zero-order chi connectivity index (χ0) is 12.0. The second-order valence-electron chi connectivity index (χ2n) is 4.81. The number of nitriles is 1. The van der Waals surface area contributed by atoms with Crippen LogP contribution in [0.5, 0.6) is 0 Å². The number of halogens is 1. The van der Waals surface area contributed by atoms with E-state index in [2.05, 4.69) is 22.5 Å². The van der Waals surface area contributed by atoms with Gasteiger partial charge in [0.1, 0.15) is 5.82 Å². The van der Waals surface area contributed by atoms with Gasteiger partial charge in [0.2, 0.25) is 0 Å². The molecule has 1 fully saturated rings. The number of alkyl halides is 1. The van der Waals surface area contributed by atoms with Crippen molar-refractivity contribution in [1.29, 1.82) is 5.26 Å². The van der Waals surface area contributed by atoms with Crippen LogP contribution in [-0.4, -0.2) is 9.55 Å². The van der Waals surface area contributed by atoms with Crippen LogP contribution in [0.1, 0.15) is 31.2 Å². The Morgan fingerprint density at radius 1 is 1.53 bits per heavy atom. The van der Waals surface area contributed by atoms with Crippen LogP contribution in [0, 0.1) is 11.3 Å². The summed E-state index contributed by atoms with van der Waals surface area (Å²) in [5.41, 5.74) is 2.77. The van der Waals surface area contributed by atoms with Gasteiger partial charge < -0.3 is 4.57 Å². The van der Waals surface area contributed by atoms with Crippen molar-refractivity contribution in [1.82, 2.24) is 9.55 Å². The number of hydrogen-bond acceptors (Lipinski definition) is 2. The summed E-state index contributed by atoms with van der Waals surface area (Å²) in [6.45, 7) is 2.21. The Kier molecular flexibility index (Phi) is 2.17. The zero-order valence-electron chi connectivity index (χ0n) is 9.57. The first-order valence-electron chi connectivity index (χ1n) is 5.66. The molecule has 1 saturated carbocycles. The normalized spacial score (nSPS) is 17.0. The van der Waals surface area contributed by atoms with Gasteiger partial charge >= 0.3 is 0 Å². The predicted molar refractivity (Wildman–Crippen MR) is 66.9 cm³/mol. The number of imidazole rings is 1. The molecule has 1 aromatic carbocycles. The average Bonchev–Trinajstić information content (AvgIpc) is 2.96. The summed E-state index contributed by atoms with van der Waals surface area (Å²) in [4.78, 5) is 4.53. The molecule has 3 nitrogen and oxygen atoms in total. The SMILES string of the molecule is CC1(n2c(CCl)nc3ccc(C#N)cc32)CC1. The minimum atomic E-state index is 0.146. The first-order valence-corrected chi connectivity index (χ1v) is 6.19. The molecule has 17 heavy (non-hydrogen) atoms. The second kappa shape index (κ2) is 3.48. The van der Waals surface area contributed by atoms with Crippen molar-refractivity contribution in [2.75, 3.05) is 0 Å². The Balaban J connectivity index is 2.32. The molecule has 86 valence electrons. The fraction of sp³-hybridized carbons (Fsp3) is 0.385. The predicted octanol–water partition coefficient (Wildman–Crippen LogP) is 3.16. The van der Waals surface area contributed by atoms with E-state index in [0.717, 1.165) is 29.7 Å². The van der Waals surface area contributed by atoms with Gasteiger partial charge in [0.25, 0.3) is 0 Å². The fourth-order valence-corrected chi connectivity index (χ4v) is 2.47. The van der Waals surface area contributed by atoms with Gasteiger partial charge in [-0.15, -0.1) is 11.6 Å². The van der Waals surface area contributed by atoms with Crippen LogP contribution in [0.25, 0.3) is 11.0 Å². The summed E-state index contributed by atoms with van der Waals surface area (Å²) in [7, 11) is 0. The van der Waals surface area contributed by atoms with Gasteiger partial charge in [0, 0.05) is 5.54 Å². The molecule has 1 aliphatic rings. The molecule has 4 heteroatoms. The van der Waals surface area contributed by atoms with Gasteiger partial charge in [-0.1, -0.05) is 0 Å². The molecule has 0 aliphatic heterocycles. The molecule has 1 aliphatic carbocycles. The van der Waals surface area contributed by atoms with E-state index < -0.39 is 0 Å². The van der Waals surface area contributed by atoms with Crippen LogP contribution >= 0.6 is 11.6 Å². The van der Waals surface area contributed by atoms with E-state index in [9.17, 15) is 0 Å². The van der Waals surface area contributed by atoms with Gasteiger partial charge in [-0.25, -0.2) is 4.98 Å². The molecule has 0 N–H and O–H groups in total. The monoisotopic (exact) mass is 245 g/mol. The molecule has 0 spiro atoms. The molecule has 0 unspecified atom stereocenters. The lowest BCUT2D eigenvalue weighted by Crippen LogP contribution is -2.14. The van der Waals surface area contributed by atoms with Crippen molar-refractivity contribution in [3.05, 3.63) is 29.6 Å². The van der Waals surface area contributed by atoms with Crippen LogP contribution in [0.2, 0.25) is 0 Å². The molecule has 1 aromatic heterocycles. The van der Waals surface area contributed by atoms with Crippen molar-refractivity contribution in [2.45, 2.75) is 31.2 Å². The summed E-state index contributed by atoms with van der Waals surface area (Å²) in [6, 6.07) is 7.77. The lowest BCUT2D eigenvalue weighted by molar-refractivity contribution is 0.531. The van der Waals surface area contributed by atoms with Crippen LogP contribution in [-0.2, 0) is 11.4 Å². The van der Waals surface area contributed by atoms with E-state index in [-0.39, 0.29) is 5.54 Å². The molecule has 1 heterocycles. The van der Waals surface area contributed by atoms with E-state index >= 15 is 0 Å². The van der Waals surface area contributed by atoms with Gasteiger partial charge in [-0.3, -0.25) is 0 Å². The minimum absolute atomic E-state index is 0.146. The van der Waals surface area contributed by atoms with Crippen molar-refractivity contribution < 1.29 is 0 Å². The summed E-state index contributed by atoms with van der Waals surface area (Å²) >= 11 is 5.96. The van der Waals surface area contributed by atoms with Crippen LogP contribution in [0.15, 0.2) is 18.2 Å². The molecule has 3 rings (SSSR count). The maximum Gasteiger partial charge on any atom is 0.125 e. The Hall–Kier alpha value is -1.53. The largest absolute Gasteiger partial charge is 0.321 e. The first-order chi connectivity index (χ1) is 8.18. The lowest BCUT2D eigenvalue weighted by atomic mass is 10.2. The van der Waals surface area contributed by atoms with Gasteiger partial charge in [-0.2, -0.15) is 5.26 Å². The van der Waals surface area contributed by atoms with E-state index in [1.807, 2.05) is 12.1 Å².